The molecular weight excluding hydrogens is 328 g/mol. The molecule has 0 amide bonds. The summed E-state index contributed by atoms with van der Waals surface area (Å²) in [6.45, 7) is 4.83. The Morgan fingerprint density at radius 2 is 2.05 bits per heavy atom. The van der Waals surface area contributed by atoms with Crippen molar-refractivity contribution in [3.63, 3.8) is 0 Å². The van der Waals surface area contributed by atoms with Crippen LogP contribution in [0.4, 0.5) is 8.78 Å². The van der Waals surface area contributed by atoms with E-state index in [9.17, 15) is 8.78 Å². The van der Waals surface area contributed by atoms with Crippen LogP contribution in [0, 0.1) is 11.6 Å². The molecule has 0 aromatic heterocycles. The quantitative estimate of drug-likeness (QED) is 0.714. The fraction of sp³-hybridized carbons (Fsp3) is 0.600. The molecule has 2 nitrogen and oxygen atoms in total. The van der Waals surface area contributed by atoms with Crippen molar-refractivity contribution in [3.05, 3.63) is 33.8 Å². The Balaban J connectivity index is 2.85. The van der Waals surface area contributed by atoms with Crippen LogP contribution < -0.4 is 5.32 Å². The maximum atomic E-state index is 14.0. The number of hydrogen-bond acceptors (Lipinski definition) is 2. The molecule has 2 atom stereocenters. The monoisotopic (exact) mass is 349 g/mol. The minimum atomic E-state index is -0.515. The van der Waals surface area contributed by atoms with Gasteiger partial charge in [-0.25, -0.2) is 8.78 Å². The number of methoxy groups -OCH3 is 1. The summed E-state index contributed by atoms with van der Waals surface area (Å²) in [5.41, 5.74) is 0.122. The summed E-state index contributed by atoms with van der Waals surface area (Å²) in [6.07, 6.45) is 2.04. The van der Waals surface area contributed by atoms with Gasteiger partial charge in [-0.3, -0.25) is 0 Å². The Labute approximate surface area is 128 Å². The molecule has 1 aromatic rings. The van der Waals surface area contributed by atoms with Crippen LogP contribution in [0.3, 0.4) is 0 Å². The van der Waals surface area contributed by atoms with Crippen molar-refractivity contribution >= 4 is 15.9 Å². The predicted molar refractivity (Wildman–Crippen MR) is 80.9 cm³/mol. The summed E-state index contributed by atoms with van der Waals surface area (Å²) in [7, 11) is 1.64. The van der Waals surface area contributed by atoms with Crippen LogP contribution in [-0.2, 0) is 11.2 Å². The van der Waals surface area contributed by atoms with Crippen LogP contribution in [0.2, 0.25) is 0 Å². The Morgan fingerprint density at radius 3 is 2.65 bits per heavy atom. The molecule has 114 valence electrons. The standard InChI is InChI=1S/C15H22BrF2NO/c1-4-7-19-11(8-10(2)20-3)9-12-14(17)6-5-13(16)15(12)18/h5-6,10-11,19H,4,7-9H2,1-3H3. The van der Waals surface area contributed by atoms with E-state index in [4.69, 9.17) is 4.74 Å². The van der Waals surface area contributed by atoms with Gasteiger partial charge >= 0.3 is 0 Å². The summed E-state index contributed by atoms with van der Waals surface area (Å²) >= 11 is 3.10. The van der Waals surface area contributed by atoms with E-state index in [-0.39, 0.29) is 17.7 Å². The molecule has 1 rings (SSSR count). The van der Waals surface area contributed by atoms with Gasteiger partial charge < -0.3 is 10.1 Å². The molecule has 0 radical (unpaired) electrons. The fourth-order valence-corrected chi connectivity index (χ4v) is 2.46. The third-order valence-electron chi connectivity index (χ3n) is 3.29. The van der Waals surface area contributed by atoms with E-state index in [1.54, 1.807) is 7.11 Å². The van der Waals surface area contributed by atoms with E-state index < -0.39 is 11.6 Å². The molecule has 0 saturated heterocycles. The molecule has 0 aliphatic heterocycles. The first-order chi connectivity index (χ1) is 9.49. The number of halogens is 3. The lowest BCUT2D eigenvalue weighted by Crippen LogP contribution is -2.35. The molecule has 0 spiro atoms. The van der Waals surface area contributed by atoms with E-state index in [0.29, 0.717) is 17.3 Å². The molecule has 1 aromatic carbocycles. The lowest BCUT2D eigenvalue weighted by atomic mass is 10.00. The van der Waals surface area contributed by atoms with Gasteiger partial charge in [-0.15, -0.1) is 0 Å². The normalized spacial score (nSPS) is 14.3. The van der Waals surface area contributed by atoms with Crippen molar-refractivity contribution in [2.75, 3.05) is 13.7 Å². The summed E-state index contributed by atoms with van der Waals surface area (Å²) in [4.78, 5) is 0. The Kier molecular flexibility index (Phi) is 7.62. The molecule has 1 N–H and O–H groups in total. The Bertz CT molecular complexity index is 429. The van der Waals surface area contributed by atoms with Gasteiger partial charge in [-0.2, -0.15) is 0 Å². The van der Waals surface area contributed by atoms with Gasteiger partial charge in [0.2, 0.25) is 0 Å². The van der Waals surface area contributed by atoms with Crippen molar-refractivity contribution in [2.24, 2.45) is 0 Å². The van der Waals surface area contributed by atoms with Crippen molar-refractivity contribution < 1.29 is 13.5 Å². The second-order valence-electron chi connectivity index (χ2n) is 4.96. The highest BCUT2D eigenvalue weighted by molar-refractivity contribution is 9.10. The largest absolute Gasteiger partial charge is 0.382 e. The van der Waals surface area contributed by atoms with Gasteiger partial charge in [-0.1, -0.05) is 6.92 Å². The van der Waals surface area contributed by atoms with E-state index in [2.05, 4.69) is 28.2 Å². The minimum Gasteiger partial charge on any atom is -0.382 e. The number of ether oxygens (including phenoxy) is 1. The molecule has 0 saturated carbocycles. The van der Waals surface area contributed by atoms with Gasteiger partial charge in [0.25, 0.3) is 0 Å². The molecule has 0 bridgehead atoms. The molecule has 20 heavy (non-hydrogen) atoms. The van der Waals surface area contributed by atoms with E-state index in [0.717, 1.165) is 13.0 Å². The number of hydrogen-bond donors (Lipinski definition) is 1. The molecule has 0 aliphatic carbocycles. The lowest BCUT2D eigenvalue weighted by molar-refractivity contribution is 0.100. The molecule has 2 unspecified atom stereocenters. The molecule has 5 heteroatoms. The van der Waals surface area contributed by atoms with Crippen molar-refractivity contribution in [2.45, 2.75) is 45.3 Å². The zero-order chi connectivity index (χ0) is 15.1. The smallest absolute Gasteiger partial charge is 0.143 e. The van der Waals surface area contributed by atoms with Crippen molar-refractivity contribution in [3.8, 4) is 0 Å². The van der Waals surface area contributed by atoms with Gasteiger partial charge in [0, 0.05) is 18.7 Å². The second kappa shape index (κ2) is 8.70. The van der Waals surface area contributed by atoms with Gasteiger partial charge in [0.1, 0.15) is 11.6 Å². The average molecular weight is 350 g/mol. The highest BCUT2D eigenvalue weighted by atomic mass is 79.9. The third kappa shape index (κ3) is 5.11. The highest BCUT2D eigenvalue weighted by Gasteiger charge is 2.19. The van der Waals surface area contributed by atoms with Gasteiger partial charge in [0.05, 0.1) is 10.6 Å². The van der Waals surface area contributed by atoms with E-state index in [1.165, 1.54) is 12.1 Å². The summed E-state index contributed by atoms with van der Waals surface area (Å²) in [5, 5.41) is 3.33. The van der Waals surface area contributed by atoms with Gasteiger partial charge in [-0.05, 0) is 60.8 Å². The highest BCUT2D eigenvalue weighted by Crippen LogP contribution is 2.23. The number of rotatable bonds is 8. The van der Waals surface area contributed by atoms with Crippen molar-refractivity contribution in [1.82, 2.24) is 5.32 Å². The van der Waals surface area contributed by atoms with E-state index >= 15 is 0 Å². The first-order valence-electron chi connectivity index (χ1n) is 6.88. The maximum absolute atomic E-state index is 14.0. The molecule has 0 heterocycles. The molecule has 0 fully saturated rings. The van der Waals surface area contributed by atoms with Crippen LogP contribution in [0.1, 0.15) is 32.3 Å². The Morgan fingerprint density at radius 1 is 1.35 bits per heavy atom. The first-order valence-corrected chi connectivity index (χ1v) is 7.67. The SMILES string of the molecule is CCCNC(Cc1c(F)ccc(Br)c1F)CC(C)OC. The lowest BCUT2D eigenvalue weighted by Gasteiger charge is -2.22. The van der Waals surface area contributed by atoms with Crippen LogP contribution >= 0.6 is 15.9 Å². The molecule has 0 aliphatic rings. The van der Waals surface area contributed by atoms with Crippen LogP contribution in [0.25, 0.3) is 0 Å². The zero-order valence-corrected chi connectivity index (χ0v) is 13.8. The third-order valence-corrected chi connectivity index (χ3v) is 3.90. The van der Waals surface area contributed by atoms with Crippen molar-refractivity contribution in [1.29, 1.82) is 0 Å². The summed E-state index contributed by atoms with van der Waals surface area (Å²) in [5.74, 6) is -1.02. The zero-order valence-electron chi connectivity index (χ0n) is 12.2. The topological polar surface area (TPSA) is 21.3 Å². The maximum Gasteiger partial charge on any atom is 0.143 e. The number of nitrogens with one attached hydrogen (secondary N) is 1. The van der Waals surface area contributed by atoms with Gasteiger partial charge in [0.15, 0.2) is 0 Å². The second-order valence-corrected chi connectivity index (χ2v) is 5.81. The summed E-state index contributed by atoms with van der Waals surface area (Å²) < 4.78 is 33.4. The minimum absolute atomic E-state index is 0.0109. The average Bonchev–Trinajstić information content (AvgIpc) is 2.44. The van der Waals surface area contributed by atoms with E-state index in [1.807, 2.05) is 6.92 Å². The molecular formula is C15H22BrF2NO. The summed E-state index contributed by atoms with van der Waals surface area (Å²) in [6, 6.07) is 2.67. The van der Waals surface area contributed by atoms with Crippen LogP contribution in [-0.4, -0.2) is 25.8 Å². The Hall–Kier alpha value is -0.520. The van der Waals surface area contributed by atoms with Crippen LogP contribution in [0.5, 0.6) is 0 Å². The predicted octanol–water partition coefficient (Wildman–Crippen LogP) is 4.06. The first kappa shape index (κ1) is 17.5. The van der Waals surface area contributed by atoms with Crippen LogP contribution in [0.15, 0.2) is 16.6 Å². The number of benzene rings is 1. The fourth-order valence-electron chi connectivity index (χ4n) is 2.09.